The predicted octanol–water partition coefficient (Wildman–Crippen LogP) is 2.96. The van der Waals surface area contributed by atoms with Crippen molar-refractivity contribution in [2.45, 2.75) is 32.7 Å². The molecule has 0 atom stereocenters. The number of rotatable bonds is 7. The quantitative estimate of drug-likeness (QED) is 0.841. The van der Waals surface area contributed by atoms with Crippen molar-refractivity contribution in [1.82, 2.24) is 5.32 Å². The van der Waals surface area contributed by atoms with Crippen molar-refractivity contribution >= 4 is 21.7 Å². The SMILES string of the molecule is COc1ccc(Br)c(CC(=O)CCNC(C)C)c1. The first-order valence-corrected chi connectivity index (χ1v) is 6.89. The third kappa shape index (κ3) is 5.19. The lowest BCUT2D eigenvalue weighted by Gasteiger charge is -2.09. The zero-order chi connectivity index (χ0) is 13.5. The van der Waals surface area contributed by atoms with Crippen molar-refractivity contribution in [3.8, 4) is 5.75 Å². The van der Waals surface area contributed by atoms with Crippen LogP contribution in [0.4, 0.5) is 0 Å². The Bertz CT molecular complexity index is 405. The van der Waals surface area contributed by atoms with Gasteiger partial charge in [-0.25, -0.2) is 0 Å². The van der Waals surface area contributed by atoms with Gasteiger partial charge in [0.05, 0.1) is 7.11 Å². The first-order valence-electron chi connectivity index (χ1n) is 6.10. The van der Waals surface area contributed by atoms with Crippen LogP contribution in [-0.2, 0) is 11.2 Å². The number of carbonyl (C=O) groups excluding carboxylic acids is 1. The number of hydrogen-bond acceptors (Lipinski definition) is 3. The minimum Gasteiger partial charge on any atom is -0.497 e. The average molecular weight is 314 g/mol. The molecule has 0 aliphatic heterocycles. The van der Waals surface area contributed by atoms with Crippen LogP contribution >= 0.6 is 15.9 Å². The molecule has 18 heavy (non-hydrogen) atoms. The molecule has 0 radical (unpaired) electrons. The Morgan fingerprint density at radius 1 is 1.44 bits per heavy atom. The van der Waals surface area contributed by atoms with Gasteiger partial charge in [-0.15, -0.1) is 0 Å². The highest BCUT2D eigenvalue weighted by Crippen LogP contribution is 2.23. The van der Waals surface area contributed by atoms with Crippen LogP contribution in [0.15, 0.2) is 22.7 Å². The van der Waals surface area contributed by atoms with Crippen molar-refractivity contribution < 1.29 is 9.53 Å². The second-order valence-electron chi connectivity index (χ2n) is 4.53. The van der Waals surface area contributed by atoms with Crippen molar-refractivity contribution in [2.24, 2.45) is 0 Å². The normalized spacial score (nSPS) is 10.7. The molecule has 0 aliphatic carbocycles. The fourth-order valence-corrected chi connectivity index (χ4v) is 2.00. The first-order chi connectivity index (χ1) is 8.52. The Labute approximate surface area is 117 Å². The van der Waals surface area contributed by atoms with E-state index in [0.717, 1.165) is 22.3 Å². The van der Waals surface area contributed by atoms with Crippen LogP contribution in [0.25, 0.3) is 0 Å². The van der Waals surface area contributed by atoms with Gasteiger partial charge in [0.1, 0.15) is 11.5 Å². The van der Waals surface area contributed by atoms with Crippen LogP contribution < -0.4 is 10.1 Å². The van der Waals surface area contributed by atoms with Crippen molar-refractivity contribution in [1.29, 1.82) is 0 Å². The molecule has 0 fully saturated rings. The minimum atomic E-state index is 0.233. The molecule has 0 spiro atoms. The molecule has 3 nitrogen and oxygen atoms in total. The fourth-order valence-electron chi connectivity index (χ4n) is 1.61. The number of ketones is 1. The molecule has 1 rings (SSSR count). The van der Waals surface area contributed by atoms with Crippen molar-refractivity contribution in [3.05, 3.63) is 28.2 Å². The van der Waals surface area contributed by atoms with E-state index < -0.39 is 0 Å². The van der Waals surface area contributed by atoms with Gasteiger partial charge in [0.25, 0.3) is 0 Å². The maximum Gasteiger partial charge on any atom is 0.138 e. The van der Waals surface area contributed by atoms with Crippen LogP contribution in [-0.4, -0.2) is 25.5 Å². The monoisotopic (exact) mass is 313 g/mol. The smallest absolute Gasteiger partial charge is 0.138 e. The van der Waals surface area contributed by atoms with Crippen LogP contribution in [0.2, 0.25) is 0 Å². The van der Waals surface area contributed by atoms with Gasteiger partial charge in [-0.3, -0.25) is 4.79 Å². The van der Waals surface area contributed by atoms with E-state index in [1.807, 2.05) is 18.2 Å². The van der Waals surface area contributed by atoms with Gasteiger partial charge >= 0.3 is 0 Å². The molecule has 0 unspecified atom stereocenters. The highest BCUT2D eigenvalue weighted by molar-refractivity contribution is 9.10. The van der Waals surface area contributed by atoms with E-state index in [-0.39, 0.29) is 5.78 Å². The number of benzene rings is 1. The molecule has 0 saturated carbocycles. The minimum absolute atomic E-state index is 0.233. The number of halogens is 1. The maximum atomic E-state index is 11.8. The summed E-state index contributed by atoms with van der Waals surface area (Å²) in [5.41, 5.74) is 0.976. The molecule has 0 amide bonds. The molecular formula is C14H20BrNO2. The molecule has 4 heteroatoms. The Morgan fingerprint density at radius 3 is 2.78 bits per heavy atom. The molecule has 1 aromatic carbocycles. The van der Waals surface area contributed by atoms with Crippen LogP contribution in [0, 0.1) is 0 Å². The standard InChI is InChI=1S/C14H20BrNO2/c1-10(2)16-7-6-12(17)8-11-9-13(18-3)4-5-14(11)15/h4-5,9-10,16H,6-8H2,1-3H3. The van der Waals surface area contributed by atoms with E-state index in [1.165, 1.54) is 0 Å². The summed E-state index contributed by atoms with van der Waals surface area (Å²) >= 11 is 3.46. The molecule has 0 bridgehead atoms. The number of methoxy groups -OCH3 is 1. The highest BCUT2D eigenvalue weighted by atomic mass is 79.9. The van der Waals surface area contributed by atoms with E-state index in [2.05, 4.69) is 35.1 Å². The summed E-state index contributed by atoms with van der Waals surface area (Å²) in [6, 6.07) is 6.10. The Hall–Kier alpha value is -0.870. The van der Waals surface area contributed by atoms with Gasteiger partial charge in [0.15, 0.2) is 0 Å². The van der Waals surface area contributed by atoms with Crippen LogP contribution in [0.5, 0.6) is 5.75 Å². The van der Waals surface area contributed by atoms with Gasteiger partial charge in [0.2, 0.25) is 0 Å². The third-order valence-electron chi connectivity index (χ3n) is 2.60. The number of nitrogens with one attached hydrogen (secondary N) is 1. The average Bonchev–Trinajstić information content (AvgIpc) is 2.31. The second kappa shape index (κ2) is 7.54. The molecule has 0 aliphatic rings. The van der Waals surface area contributed by atoms with Gasteiger partial charge in [-0.05, 0) is 23.8 Å². The summed E-state index contributed by atoms with van der Waals surface area (Å²) in [7, 11) is 1.63. The van der Waals surface area contributed by atoms with Crippen molar-refractivity contribution in [2.75, 3.05) is 13.7 Å². The van der Waals surface area contributed by atoms with E-state index in [4.69, 9.17) is 4.74 Å². The molecule has 100 valence electrons. The highest BCUT2D eigenvalue weighted by Gasteiger charge is 2.08. The van der Waals surface area contributed by atoms with E-state index in [1.54, 1.807) is 7.11 Å². The summed E-state index contributed by atoms with van der Waals surface area (Å²) in [4.78, 5) is 11.8. The molecular weight excluding hydrogens is 294 g/mol. The predicted molar refractivity (Wildman–Crippen MR) is 77.2 cm³/mol. The molecule has 1 N–H and O–H groups in total. The lowest BCUT2D eigenvalue weighted by molar-refractivity contribution is -0.118. The second-order valence-corrected chi connectivity index (χ2v) is 5.39. The summed E-state index contributed by atoms with van der Waals surface area (Å²) in [6.45, 7) is 4.88. The Kier molecular flexibility index (Phi) is 6.36. The molecule has 0 heterocycles. The summed E-state index contributed by atoms with van der Waals surface area (Å²) < 4.78 is 6.11. The summed E-state index contributed by atoms with van der Waals surface area (Å²) in [5, 5.41) is 3.24. The number of carbonyl (C=O) groups is 1. The molecule has 1 aromatic rings. The zero-order valence-electron chi connectivity index (χ0n) is 11.1. The van der Waals surface area contributed by atoms with Crippen molar-refractivity contribution in [3.63, 3.8) is 0 Å². The topological polar surface area (TPSA) is 38.3 Å². The lowest BCUT2D eigenvalue weighted by Crippen LogP contribution is -2.25. The number of ether oxygens (including phenoxy) is 1. The first kappa shape index (κ1) is 15.2. The number of Topliss-reactive ketones (excluding diaryl/α,β-unsaturated/α-hetero) is 1. The fraction of sp³-hybridized carbons (Fsp3) is 0.500. The van der Waals surface area contributed by atoms with Crippen LogP contribution in [0.3, 0.4) is 0 Å². The Balaban J connectivity index is 2.53. The maximum absolute atomic E-state index is 11.8. The lowest BCUT2D eigenvalue weighted by atomic mass is 10.1. The summed E-state index contributed by atoms with van der Waals surface area (Å²) in [6.07, 6.45) is 0.999. The Morgan fingerprint density at radius 2 is 2.17 bits per heavy atom. The molecule has 0 aromatic heterocycles. The van der Waals surface area contributed by atoms with Gasteiger partial charge in [-0.2, -0.15) is 0 Å². The third-order valence-corrected chi connectivity index (χ3v) is 3.37. The van der Waals surface area contributed by atoms with E-state index in [9.17, 15) is 4.79 Å². The van der Waals surface area contributed by atoms with E-state index in [0.29, 0.717) is 18.9 Å². The number of hydrogen-bond donors (Lipinski definition) is 1. The zero-order valence-corrected chi connectivity index (χ0v) is 12.7. The summed E-state index contributed by atoms with van der Waals surface area (Å²) in [5.74, 6) is 1.01. The largest absolute Gasteiger partial charge is 0.497 e. The molecule has 0 saturated heterocycles. The van der Waals surface area contributed by atoms with E-state index >= 15 is 0 Å². The van der Waals surface area contributed by atoms with Gasteiger partial charge in [-0.1, -0.05) is 29.8 Å². The van der Waals surface area contributed by atoms with Gasteiger partial charge in [0, 0.05) is 29.9 Å². The van der Waals surface area contributed by atoms with Gasteiger partial charge < -0.3 is 10.1 Å². The van der Waals surface area contributed by atoms with Crippen LogP contribution in [0.1, 0.15) is 25.8 Å².